The third kappa shape index (κ3) is 3.83. The highest BCUT2D eigenvalue weighted by molar-refractivity contribution is 5.94. The van der Waals surface area contributed by atoms with Gasteiger partial charge in [0, 0.05) is 25.1 Å². The summed E-state index contributed by atoms with van der Waals surface area (Å²) < 4.78 is 13.9. The largest absolute Gasteiger partial charge is 0.395 e. The standard InChI is InChI=1S/C17H20FNO2/c1-12(13-6-7-13)19(2)17(21)15-9-8-14(16(18)11-15)5-3-4-10-20/h8-9,11-13,20H,4,6-7,10H2,1-2H3. The van der Waals surface area contributed by atoms with Crippen molar-refractivity contribution in [3.63, 3.8) is 0 Å². The molecule has 0 saturated heterocycles. The zero-order chi connectivity index (χ0) is 15.4. The fourth-order valence-electron chi connectivity index (χ4n) is 2.25. The highest BCUT2D eigenvalue weighted by Crippen LogP contribution is 2.35. The van der Waals surface area contributed by atoms with Gasteiger partial charge < -0.3 is 10.0 Å². The third-order valence-electron chi connectivity index (χ3n) is 3.91. The molecule has 1 aromatic rings. The molecule has 2 rings (SSSR count). The van der Waals surface area contributed by atoms with E-state index in [-0.39, 0.29) is 24.1 Å². The van der Waals surface area contributed by atoms with Gasteiger partial charge in [0.25, 0.3) is 5.91 Å². The number of nitrogens with zero attached hydrogens (tertiary/aromatic N) is 1. The summed E-state index contributed by atoms with van der Waals surface area (Å²) in [6, 6.07) is 4.54. The Balaban J connectivity index is 2.12. The highest BCUT2D eigenvalue weighted by atomic mass is 19.1. The summed E-state index contributed by atoms with van der Waals surface area (Å²) >= 11 is 0. The van der Waals surface area contributed by atoms with E-state index in [0.29, 0.717) is 17.9 Å². The Morgan fingerprint density at radius 1 is 1.52 bits per heavy atom. The first-order valence-electron chi connectivity index (χ1n) is 7.21. The van der Waals surface area contributed by atoms with E-state index in [1.54, 1.807) is 18.0 Å². The molecule has 4 heteroatoms. The summed E-state index contributed by atoms with van der Waals surface area (Å²) in [4.78, 5) is 14.0. The Hall–Kier alpha value is -1.86. The van der Waals surface area contributed by atoms with Gasteiger partial charge in [0.1, 0.15) is 5.82 Å². The lowest BCUT2D eigenvalue weighted by molar-refractivity contribution is 0.0727. The maximum absolute atomic E-state index is 13.9. The monoisotopic (exact) mass is 289 g/mol. The molecule has 0 spiro atoms. The number of carbonyl (C=O) groups is 1. The summed E-state index contributed by atoms with van der Waals surface area (Å²) in [5.74, 6) is 5.23. The van der Waals surface area contributed by atoms with Crippen LogP contribution in [0.4, 0.5) is 4.39 Å². The molecule has 0 heterocycles. The van der Waals surface area contributed by atoms with Crippen LogP contribution in [-0.4, -0.2) is 35.6 Å². The number of hydrogen-bond acceptors (Lipinski definition) is 2. The maximum Gasteiger partial charge on any atom is 0.253 e. The molecule has 112 valence electrons. The molecule has 1 atom stereocenters. The minimum absolute atomic E-state index is 0.0466. The van der Waals surface area contributed by atoms with Crippen LogP contribution in [0.1, 0.15) is 42.1 Å². The zero-order valence-corrected chi connectivity index (χ0v) is 12.4. The van der Waals surface area contributed by atoms with Gasteiger partial charge in [0.2, 0.25) is 0 Å². The van der Waals surface area contributed by atoms with Gasteiger partial charge >= 0.3 is 0 Å². The Morgan fingerprint density at radius 2 is 2.24 bits per heavy atom. The molecular weight excluding hydrogens is 269 g/mol. The number of aliphatic hydroxyl groups excluding tert-OH is 1. The second kappa shape index (κ2) is 6.73. The van der Waals surface area contributed by atoms with Crippen LogP contribution in [0.15, 0.2) is 18.2 Å². The number of aliphatic hydroxyl groups is 1. The molecule has 0 radical (unpaired) electrons. The minimum Gasteiger partial charge on any atom is -0.395 e. The molecule has 1 amide bonds. The first-order valence-corrected chi connectivity index (χ1v) is 7.21. The van der Waals surface area contributed by atoms with Crippen molar-refractivity contribution in [1.82, 2.24) is 4.90 Å². The zero-order valence-electron chi connectivity index (χ0n) is 12.4. The Labute approximate surface area is 124 Å². The van der Waals surface area contributed by atoms with Crippen molar-refractivity contribution in [3.05, 3.63) is 35.1 Å². The van der Waals surface area contributed by atoms with Crippen LogP contribution in [0.5, 0.6) is 0 Å². The first-order chi connectivity index (χ1) is 10.0. The summed E-state index contributed by atoms with van der Waals surface area (Å²) in [6.45, 7) is 1.98. The maximum atomic E-state index is 13.9. The van der Waals surface area contributed by atoms with Crippen LogP contribution in [-0.2, 0) is 0 Å². The van der Waals surface area contributed by atoms with Crippen LogP contribution in [0, 0.1) is 23.6 Å². The van der Waals surface area contributed by atoms with E-state index in [2.05, 4.69) is 11.8 Å². The molecule has 1 N–H and O–H groups in total. The van der Waals surface area contributed by atoms with E-state index in [9.17, 15) is 9.18 Å². The number of amides is 1. The van der Waals surface area contributed by atoms with Crippen molar-refractivity contribution in [2.45, 2.75) is 32.2 Å². The van der Waals surface area contributed by atoms with Gasteiger partial charge in [-0.05, 0) is 43.9 Å². The molecule has 21 heavy (non-hydrogen) atoms. The molecule has 1 aromatic carbocycles. The van der Waals surface area contributed by atoms with Crippen molar-refractivity contribution in [2.24, 2.45) is 5.92 Å². The molecule has 0 aliphatic heterocycles. The van der Waals surface area contributed by atoms with Gasteiger partial charge in [-0.3, -0.25) is 4.79 Å². The van der Waals surface area contributed by atoms with E-state index < -0.39 is 5.82 Å². The lowest BCUT2D eigenvalue weighted by Crippen LogP contribution is -2.36. The molecule has 1 saturated carbocycles. The van der Waals surface area contributed by atoms with Crippen molar-refractivity contribution >= 4 is 5.91 Å². The van der Waals surface area contributed by atoms with Crippen LogP contribution in [0.25, 0.3) is 0 Å². The van der Waals surface area contributed by atoms with E-state index in [1.165, 1.54) is 12.1 Å². The topological polar surface area (TPSA) is 40.5 Å². The van der Waals surface area contributed by atoms with Gasteiger partial charge in [-0.1, -0.05) is 11.8 Å². The second-order valence-corrected chi connectivity index (χ2v) is 5.46. The van der Waals surface area contributed by atoms with Crippen molar-refractivity contribution in [3.8, 4) is 11.8 Å². The van der Waals surface area contributed by atoms with Crippen molar-refractivity contribution in [2.75, 3.05) is 13.7 Å². The van der Waals surface area contributed by atoms with Crippen molar-refractivity contribution < 1.29 is 14.3 Å². The molecule has 1 aliphatic carbocycles. The van der Waals surface area contributed by atoms with Crippen molar-refractivity contribution in [1.29, 1.82) is 0 Å². The predicted molar refractivity (Wildman–Crippen MR) is 79.3 cm³/mol. The van der Waals surface area contributed by atoms with Gasteiger partial charge in [0.15, 0.2) is 0 Å². The SMILES string of the molecule is CC(C1CC1)N(C)C(=O)c1ccc(C#CCCO)c(F)c1. The van der Waals surface area contributed by atoms with E-state index in [0.717, 1.165) is 12.8 Å². The van der Waals surface area contributed by atoms with Crippen LogP contribution in [0.3, 0.4) is 0 Å². The summed E-state index contributed by atoms with van der Waals surface area (Å²) in [5, 5.41) is 8.65. The fraction of sp³-hybridized carbons (Fsp3) is 0.471. The molecule has 1 fully saturated rings. The average molecular weight is 289 g/mol. The number of rotatable bonds is 4. The van der Waals surface area contributed by atoms with E-state index in [4.69, 9.17) is 5.11 Å². The number of benzene rings is 1. The summed E-state index contributed by atoms with van der Waals surface area (Å²) in [6.07, 6.45) is 2.63. The van der Waals surface area contributed by atoms with Gasteiger partial charge in [-0.25, -0.2) is 4.39 Å². The van der Waals surface area contributed by atoms with Crippen LogP contribution >= 0.6 is 0 Å². The summed E-state index contributed by atoms with van der Waals surface area (Å²) in [5.41, 5.74) is 0.591. The van der Waals surface area contributed by atoms with Gasteiger partial charge in [0.05, 0.1) is 12.2 Å². The lowest BCUT2D eigenvalue weighted by atomic mass is 10.1. The molecule has 0 bridgehead atoms. The predicted octanol–water partition coefficient (Wildman–Crippen LogP) is 2.43. The Bertz CT molecular complexity index is 584. The number of carbonyl (C=O) groups excluding carboxylic acids is 1. The van der Waals surface area contributed by atoms with E-state index in [1.807, 2.05) is 6.92 Å². The van der Waals surface area contributed by atoms with Gasteiger partial charge in [-0.2, -0.15) is 0 Å². The highest BCUT2D eigenvalue weighted by Gasteiger charge is 2.32. The fourth-order valence-corrected chi connectivity index (χ4v) is 2.25. The Morgan fingerprint density at radius 3 is 2.81 bits per heavy atom. The quantitative estimate of drug-likeness (QED) is 0.865. The second-order valence-electron chi connectivity index (χ2n) is 5.46. The summed E-state index contributed by atoms with van der Waals surface area (Å²) in [7, 11) is 1.76. The lowest BCUT2D eigenvalue weighted by Gasteiger charge is -2.25. The Kier molecular flexibility index (Phi) is 4.98. The third-order valence-corrected chi connectivity index (χ3v) is 3.91. The molecular formula is C17H20FNO2. The average Bonchev–Trinajstić information content (AvgIpc) is 3.31. The molecule has 0 aromatic heterocycles. The molecule has 1 unspecified atom stereocenters. The number of halogens is 1. The van der Waals surface area contributed by atoms with Gasteiger partial charge in [-0.15, -0.1) is 0 Å². The minimum atomic E-state index is -0.501. The van der Waals surface area contributed by atoms with Crippen LogP contribution < -0.4 is 0 Å². The first kappa shape index (κ1) is 15.5. The normalized spacial score (nSPS) is 15.0. The van der Waals surface area contributed by atoms with E-state index >= 15 is 0 Å². The molecule has 1 aliphatic rings. The smallest absolute Gasteiger partial charge is 0.253 e. The number of hydrogen-bond donors (Lipinski definition) is 1. The van der Waals surface area contributed by atoms with Crippen LogP contribution in [0.2, 0.25) is 0 Å². The molecule has 3 nitrogen and oxygen atoms in total.